The average Bonchev–Trinajstić information content (AvgIpc) is 2.87. The van der Waals surface area contributed by atoms with Gasteiger partial charge in [0.1, 0.15) is 23.5 Å². The molecule has 1 unspecified atom stereocenters. The molecule has 2 N–H and O–H groups in total. The lowest BCUT2D eigenvalue weighted by Crippen LogP contribution is -2.46. The fraction of sp³-hybridized carbons (Fsp3) is 0.484. The molecule has 1 atom stereocenters. The van der Waals surface area contributed by atoms with Crippen LogP contribution in [0.3, 0.4) is 0 Å². The number of rotatable bonds is 10. The SMILES string of the molecule is CC(=O)NCC(O[Si](C)(C)C(C)(C)C)c1cc(F)c(CNC2CC(Oc3ccc(F)c(C(F)(F)F)c3)C2)c2ccncc12. The second kappa shape index (κ2) is 12.5. The van der Waals surface area contributed by atoms with Crippen LogP contribution in [0, 0.1) is 11.6 Å². The maximum atomic E-state index is 15.8. The highest BCUT2D eigenvalue weighted by molar-refractivity contribution is 6.74. The van der Waals surface area contributed by atoms with Gasteiger partial charge in [-0.3, -0.25) is 9.78 Å². The maximum Gasteiger partial charge on any atom is 0.419 e. The summed E-state index contributed by atoms with van der Waals surface area (Å²) in [5, 5.41) is 7.42. The number of hydrogen-bond donors (Lipinski definition) is 2. The highest BCUT2D eigenvalue weighted by Crippen LogP contribution is 2.41. The van der Waals surface area contributed by atoms with Crippen LogP contribution in [0.1, 0.15) is 63.3 Å². The summed E-state index contributed by atoms with van der Waals surface area (Å²) >= 11 is 0. The first-order valence-corrected chi connectivity index (χ1v) is 17.1. The molecule has 1 amide bonds. The highest BCUT2D eigenvalue weighted by Gasteiger charge is 2.40. The zero-order chi connectivity index (χ0) is 31.7. The van der Waals surface area contributed by atoms with Gasteiger partial charge >= 0.3 is 6.18 Å². The molecule has 1 aliphatic rings. The number of nitrogens with zero attached hydrogens (tertiary/aromatic N) is 1. The number of fused-ring (bicyclic) bond motifs is 1. The monoisotopic (exact) mass is 623 g/mol. The number of carbonyl (C=O) groups is 1. The summed E-state index contributed by atoms with van der Waals surface area (Å²) in [6.45, 7) is 12.3. The third kappa shape index (κ3) is 7.71. The van der Waals surface area contributed by atoms with Crippen LogP contribution < -0.4 is 15.4 Å². The van der Waals surface area contributed by atoms with E-state index in [9.17, 15) is 22.4 Å². The normalized spacial score (nSPS) is 18.3. The Hall–Kier alpha value is -3.09. The van der Waals surface area contributed by atoms with Crippen molar-refractivity contribution in [1.29, 1.82) is 0 Å². The third-order valence-corrected chi connectivity index (χ3v) is 12.8. The van der Waals surface area contributed by atoms with Crippen molar-refractivity contribution in [3.63, 3.8) is 0 Å². The second-order valence-corrected chi connectivity index (χ2v) is 17.3. The van der Waals surface area contributed by atoms with Crippen LogP contribution in [0.2, 0.25) is 18.1 Å². The first-order valence-electron chi connectivity index (χ1n) is 14.2. The van der Waals surface area contributed by atoms with Crippen LogP contribution in [0.25, 0.3) is 10.8 Å². The van der Waals surface area contributed by atoms with Gasteiger partial charge in [-0.1, -0.05) is 20.8 Å². The molecule has 0 bridgehead atoms. The van der Waals surface area contributed by atoms with Gasteiger partial charge in [0.25, 0.3) is 0 Å². The Bertz CT molecular complexity index is 1470. The van der Waals surface area contributed by atoms with Crippen molar-refractivity contribution in [2.75, 3.05) is 6.54 Å². The summed E-state index contributed by atoms with van der Waals surface area (Å²) in [7, 11) is -2.31. The fourth-order valence-electron chi connectivity index (χ4n) is 4.81. The minimum atomic E-state index is -4.81. The van der Waals surface area contributed by atoms with Gasteiger partial charge in [0.05, 0.1) is 11.7 Å². The molecule has 1 saturated carbocycles. The maximum absolute atomic E-state index is 15.8. The zero-order valence-electron chi connectivity index (χ0n) is 25.2. The predicted octanol–water partition coefficient (Wildman–Crippen LogP) is 7.43. The number of halogens is 5. The smallest absolute Gasteiger partial charge is 0.419 e. The summed E-state index contributed by atoms with van der Waals surface area (Å²) in [5.74, 6) is -2.04. The zero-order valence-corrected chi connectivity index (χ0v) is 26.2. The van der Waals surface area contributed by atoms with E-state index in [-0.39, 0.29) is 41.9 Å². The molecule has 0 spiro atoms. The van der Waals surface area contributed by atoms with Crippen LogP contribution in [-0.2, 0) is 21.9 Å². The van der Waals surface area contributed by atoms with Crippen molar-refractivity contribution in [2.24, 2.45) is 0 Å². The molecule has 3 aromatic rings. The summed E-state index contributed by atoms with van der Waals surface area (Å²) in [4.78, 5) is 16.1. The lowest BCUT2D eigenvalue weighted by Gasteiger charge is -2.39. The molecule has 6 nitrogen and oxygen atoms in total. The molecule has 2 aromatic carbocycles. The Labute approximate surface area is 249 Å². The number of alkyl halides is 3. The van der Waals surface area contributed by atoms with Gasteiger partial charge in [-0.25, -0.2) is 8.78 Å². The van der Waals surface area contributed by atoms with Crippen molar-refractivity contribution in [3.8, 4) is 5.75 Å². The Balaban J connectivity index is 1.49. The quantitative estimate of drug-likeness (QED) is 0.182. The van der Waals surface area contributed by atoms with Crippen molar-refractivity contribution in [1.82, 2.24) is 15.6 Å². The fourth-order valence-corrected chi connectivity index (χ4v) is 6.09. The van der Waals surface area contributed by atoms with Gasteiger partial charge in [0.15, 0.2) is 8.32 Å². The van der Waals surface area contributed by atoms with Crippen molar-refractivity contribution in [2.45, 2.75) is 89.6 Å². The Morgan fingerprint density at radius 2 is 1.77 bits per heavy atom. The predicted molar refractivity (Wildman–Crippen MR) is 157 cm³/mol. The van der Waals surface area contributed by atoms with E-state index in [0.717, 1.165) is 11.5 Å². The minimum absolute atomic E-state index is 0.0436. The standard InChI is InChI=1S/C31H38F5N3O3Si/c1-18(40)38-17-29(42-43(5,6)30(2,3)4)23-14-28(33)25(22-9-10-37-15-24(22)23)16-39-19-11-21(12-19)41-20-7-8-27(32)26(13-20)31(34,35)36/h7-10,13-15,19,21,29,39H,11-12,16-17H2,1-6H3,(H,38,40). The molecule has 12 heteroatoms. The number of amides is 1. The van der Waals surface area contributed by atoms with Crippen LogP contribution in [0.5, 0.6) is 5.75 Å². The number of aromatic nitrogens is 1. The largest absolute Gasteiger partial charge is 0.490 e. The Kier molecular flexibility index (Phi) is 9.53. The summed E-state index contributed by atoms with van der Waals surface area (Å²) in [6, 6.07) is 5.76. The van der Waals surface area contributed by atoms with Crippen LogP contribution in [0.15, 0.2) is 42.7 Å². The third-order valence-electron chi connectivity index (χ3n) is 8.36. The van der Waals surface area contributed by atoms with Crippen LogP contribution in [-0.4, -0.2) is 37.9 Å². The van der Waals surface area contributed by atoms with Crippen molar-refractivity contribution in [3.05, 3.63) is 71.1 Å². The number of pyridine rings is 1. The van der Waals surface area contributed by atoms with E-state index in [1.165, 1.54) is 19.1 Å². The first-order chi connectivity index (χ1) is 20.0. The minimum Gasteiger partial charge on any atom is -0.490 e. The van der Waals surface area contributed by atoms with Crippen LogP contribution >= 0.6 is 0 Å². The lowest BCUT2D eigenvalue weighted by molar-refractivity contribution is -0.140. The molecule has 1 heterocycles. The average molecular weight is 624 g/mol. The molecule has 1 fully saturated rings. The Morgan fingerprint density at radius 3 is 2.40 bits per heavy atom. The molecule has 1 aromatic heterocycles. The van der Waals surface area contributed by atoms with Gasteiger partial charge in [-0.05, 0) is 72.3 Å². The van der Waals surface area contributed by atoms with Crippen LogP contribution in [0.4, 0.5) is 22.0 Å². The van der Waals surface area contributed by atoms with Crippen molar-refractivity contribution < 1.29 is 35.9 Å². The van der Waals surface area contributed by atoms with Gasteiger partial charge in [0.2, 0.25) is 5.91 Å². The first kappa shape index (κ1) is 32.8. The highest BCUT2D eigenvalue weighted by atomic mass is 28.4. The molecular weight excluding hydrogens is 585 g/mol. The van der Waals surface area contributed by atoms with Gasteiger partial charge in [0, 0.05) is 49.4 Å². The number of carbonyl (C=O) groups excluding carboxylic acids is 1. The molecule has 234 valence electrons. The van der Waals surface area contributed by atoms with E-state index in [1.54, 1.807) is 18.5 Å². The number of nitrogens with one attached hydrogen (secondary N) is 2. The second-order valence-electron chi connectivity index (χ2n) is 12.6. The number of benzene rings is 2. The van der Waals surface area contributed by atoms with E-state index >= 15 is 4.39 Å². The van der Waals surface area contributed by atoms with Crippen molar-refractivity contribution >= 4 is 25.0 Å². The summed E-state index contributed by atoms with van der Waals surface area (Å²) in [6.07, 6.45) is -1.48. The van der Waals surface area contributed by atoms with E-state index in [1.807, 2.05) is 0 Å². The molecule has 4 rings (SSSR count). The lowest BCUT2D eigenvalue weighted by atomic mass is 9.88. The van der Waals surface area contributed by atoms with Gasteiger partial charge in [-0.2, -0.15) is 13.2 Å². The van der Waals surface area contributed by atoms with Gasteiger partial charge in [-0.15, -0.1) is 0 Å². The molecule has 1 aliphatic carbocycles. The summed E-state index contributed by atoms with van der Waals surface area (Å²) < 4.78 is 80.7. The van der Waals surface area contributed by atoms with E-state index < -0.39 is 37.8 Å². The van der Waals surface area contributed by atoms with Gasteiger partial charge < -0.3 is 19.8 Å². The molecule has 0 saturated heterocycles. The molecule has 0 radical (unpaired) electrons. The Morgan fingerprint density at radius 1 is 1.07 bits per heavy atom. The molecule has 0 aliphatic heterocycles. The molecular formula is C31H38F5N3O3Si. The van der Waals surface area contributed by atoms with E-state index in [2.05, 4.69) is 49.5 Å². The molecule has 43 heavy (non-hydrogen) atoms. The summed E-state index contributed by atoms with van der Waals surface area (Å²) in [5.41, 5.74) is -0.310. The van der Waals surface area contributed by atoms with E-state index in [4.69, 9.17) is 9.16 Å². The number of ether oxygens (including phenoxy) is 1. The topological polar surface area (TPSA) is 72.5 Å². The number of hydrogen-bond acceptors (Lipinski definition) is 5. The van der Waals surface area contributed by atoms with E-state index in [0.29, 0.717) is 35.4 Å².